The number of halogens is 1. The number of benzene rings is 1. The number of rotatable bonds is 3. The number of anilines is 1. The lowest BCUT2D eigenvalue weighted by atomic mass is 10.1. The molecule has 1 aliphatic rings. The lowest BCUT2D eigenvalue weighted by Gasteiger charge is -2.11. The Labute approximate surface area is 128 Å². The van der Waals surface area contributed by atoms with Gasteiger partial charge in [-0.15, -0.1) is 23.7 Å². The summed E-state index contributed by atoms with van der Waals surface area (Å²) in [6.45, 7) is 0.938. The summed E-state index contributed by atoms with van der Waals surface area (Å²) in [5, 5.41) is 8.26. The van der Waals surface area contributed by atoms with E-state index in [0.717, 1.165) is 30.6 Å². The van der Waals surface area contributed by atoms with Crippen LogP contribution in [0.2, 0.25) is 0 Å². The Kier molecular flexibility index (Phi) is 5.17. The first kappa shape index (κ1) is 15.0. The Morgan fingerprint density at radius 1 is 1.30 bits per heavy atom. The third-order valence-electron chi connectivity index (χ3n) is 3.31. The maximum Gasteiger partial charge on any atom is 0.241 e. The molecule has 5 heteroatoms. The molecule has 3 nitrogen and oxygen atoms in total. The van der Waals surface area contributed by atoms with Crippen LogP contribution in [0.4, 0.5) is 5.69 Å². The van der Waals surface area contributed by atoms with Gasteiger partial charge >= 0.3 is 0 Å². The Morgan fingerprint density at radius 3 is 2.90 bits per heavy atom. The van der Waals surface area contributed by atoms with Gasteiger partial charge in [0.2, 0.25) is 5.91 Å². The molecule has 2 N–H and O–H groups in total. The van der Waals surface area contributed by atoms with E-state index < -0.39 is 0 Å². The van der Waals surface area contributed by atoms with Gasteiger partial charge in [0.25, 0.3) is 0 Å². The van der Waals surface area contributed by atoms with E-state index in [0.29, 0.717) is 0 Å². The molecule has 1 amide bonds. The quantitative estimate of drug-likeness (QED) is 0.911. The number of hydrogen-bond acceptors (Lipinski definition) is 3. The van der Waals surface area contributed by atoms with Crippen molar-refractivity contribution in [2.75, 3.05) is 11.9 Å². The minimum Gasteiger partial charge on any atom is -0.325 e. The Hall–Kier alpha value is -1.36. The molecular weight excluding hydrogens is 292 g/mol. The van der Waals surface area contributed by atoms with Crippen LogP contribution < -0.4 is 10.6 Å². The monoisotopic (exact) mass is 308 g/mol. The van der Waals surface area contributed by atoms with Gasteiger partial charge in [0.1, 0.15) is 0 Å². The fraction of sp³-hybridized carbons (Fsp3) is 0.267. The van der Waals surface area contributed by atoms with Crippen LogP contribution in [0.3, 0.4) is 0 Å². The van der Waals surface area contributed by atoms with Crippen LogP contribution in [-0.2, 0) is 4.79 Å². The first-order valence-corrected chi connectivity index (χ1v) is 7.39. The van der Waals surface area contributed by atoms with Gasteiger partial charge in [-0.2, -0.15) is 0 Å². The number of hydrogen-bond donors (Lipinski definition) is 2. The number of nitrogens with one attached hydrogen (secondary N) is 2. The van der Waals surface area contributed by atoms with E-state index in [4.69, 9.17) is 0 Å². The van der Waals surface area contributed by atoms with E-state index in [1.54, 1.807) is 11.3 Å². The van der Waals surface area contributed by atoms with Crippen molar-refractivity contribution in [3.05, 3.63) is 41.8 Å². The van der Waals surface area contributed by atoms with Crippen LogP contribution >= 0.6 is 23.7 Å². The maximum atomic E-state index is 12.0. The summed E-state index contributed by atoms with van der Waals surface area (Å²) in [7, 11) is 0. The number of thiophene rings is 1. The zero-order chi connectivity index (χ0) is 13.1. The molecule has 2 aromatic rings. The van der Waals surface area contributed by atoms with E-state index >= 15 is 0 Å². The minimum atomic E-state index is -0.0367. The third-order valence-corrected chi connectivity index (χ3v) is 4.23. The lowest BCUT2D eigenvalue weighted by Crippen LogP contribution is -2.35. The van der Waals surface area contributed by atoms with Crippen molar-refractivity contribution in [2.45, 2.75) is 18.9 Å². The van der Waals surface area contributed by atoms with Crippen LogP contribution in [0, 0.1) is 0 Å². The highest BCUT2D eigenvalue weighted by Gasteiger charge is 2.21. The van der Waals surface area contributed by atoms with Crippen LogP contribution in [0.1, 0.15) is 12.8 Å². The summed E-state index contributed by atoms with van der Waals surface area (Å²) < 4.78 is 0. The van der Waals surface area contributed by atoms with Crippen molar-refractivity contribution in [3.63, 3.8) is 0 Å². The normalized spacial score (nSPS) is 17.5. The van der Waals surface area contributed by atoms with E-state index in [2.05, 4.69) is 28.1 Å². The van der Waals surface area contributed by atoms with Crippen molar-refractivity contribution in [3.8, 4) is 10.4 Å². The first-order chi connectivity index (χ1) is 9.33. The van der Waals surface area contributed by atoms with Gasteiger partial charge in [-0.1, -0.05) is 18.2 Å². The fourth-order valence-corrected chi connectivity index (χ4v) is 3.05. The van der Waals surface area contributed by atoms with Gasteiger partial charge in [-0.25, -0.2) is 0 Å². The largest absolute Gasteiger partial charge is 0.325 e. The predicted molar refractivity (Wildman–Crippen MR) is 86.7 cm³/mol. The predicted octanol–water partition coefficient (Wildman–Crippen LogP) is 3.53. The van der Waals surface area contributed by atoms with Crippen molar-refractivity contribution in [2.24, 2.45) is 0 Å². The van der Waals surface area contributed by atoms with Gasteiger partial charge in [-0.05, 0) is 48.5 Å². The zero-order valence-electron chi connectivity index (χ0n) is 11.0. The molecule has 1 saturated heterocycles. The Morgan fingerprint density at radius 2 is 2.20 bits per heavy atom. The van der Waals surface area contributed by atoms with Gasteiger partial charge in [-0.3, -0.25) is 4.79 Å². The lowest BCUT2D eigenvalue weighted by molar-refractivity contribution is -0.117. The SMILES string of the molecule is Cl.O=C(Nc1cccc(-c2cccs2)c1)C1CCCN1. The van der Waals surface area contributed by atoms with Gasteiger partial charge in [0.15, 0.2) is 0 Å². The van der Waals surface area contributed by atoms with Crippen molar-refractivity contribution in [1.29, 1.82) is 0 Å². The van der Waals surface area contributed by atoms with Gasteiger partial charge in [0, 0.05) is 10.6 Å². The smallest absolute Gasteiger partial charge is 0.241 e. The number of carbonyl (C=O) groups excluding carboxylic acids is 1. The molecule has 0 bridgehead atoms. The van der Waals surface area contributed by atoms with Crippen LogP contribution in [0.15, 0.2) is 41.8 Å². The summed E-state index contributed by atoms with van der Waals surface area (Å²) in [5.41, 5.74) is 2.01. The Bertz CT molecular complexity index is 565. The first-order valence-electron chi connectivity index (χ1n) is 6.51. The van der Waals surface area contributed by atoms with E-state index in [9.17, 15) is 4.79 Å². The topological polar surface area (TPSA) is 41.1 Å². The zero-order valence-corrected chi connectivity index (χ0v) is 12.6. The molecule has 1 aromatic heterocycles. The average molecular weight is 309 g/mol. The molecule has 0 radical (unpaired) electrons. The number of amides is 1. The second kappa shape index (κ2) is 6.88. The Balaban J connectivity index is 0.00000147. The maximum absolute atomic E-state index is 12.0. The third kappa shape index (κ3) is 3.39. The highest BCUT2D eigenvalue weighted by Crippen LogP contribution is 2.26. The molecule has 106 valence electrons. The fourth-order valence-electron chi connectivity index (χ4n) is 2.33. The molecule has 2 heterocycles. The van der Waals surface area contributed by atoms with Crippen LogP contribution in [-0.4, -0.2) is 18.5 Å². The molecule has 1 fully saturated rings. The molecule has 0 aliphatic carbocycles. The number of carbonyl (C=O) groups is 1. The molecule has 20 heavy (non-hydrogen) atoms. The summed E-state index contributed by atoms with van der Waals surface area (Å²) >= 11 is 1.70. The molecule has 1 aromatic carbocycles. The molecule has 3 rings (SSSR count). The molecule has 0 saturated carbocycles. The van der Waals surface area contributed by atoms with Crippen LogP contribution in [0.5, 0.6) is 0 Å². The molecule has 0 spiro atoms. The van der Waals surface area contributed by atoms with E-state index in [1.165, 1.54) is 4.88 Å². The van der Waals surface area contributed by atoms with Crippen molar-refractivity contribution >= 4 is 35.3 Å². The minimum absolute atomic E-state index is 0. The highest BCUT2D eigenvalue weighted by molar-refractivity contribution is 7.13. The van der Waals surface area contributed by atoms with Gasteiger partial charge < -0.3 is 10.6 Å². The summed E-state index contributed by atoms with van der Waals surface area (Å²) in [4.78, 5) is 13.3. The second-order valence-electron chi connectivity index (χ2n) is 4.70. The molecular formula is C15H17ClN2OS. The summed E-state index contributed by atoms with van der Waals surface area (Å²) in [6.07, 6.45) is 2.00. The van der Waals surface area contributed by atoms with Gasteiger partial charge in [0.05, 0.1) is 6.04 Å². The molecule has 1 unspecified atom stereocenters. The van der Waals surface area contributed by atoms with E-state index in [1.807, 2.05) is 24.3 Å². The van der Waals surface area contributed by atoms with Crippen LogP contribution in [0.25, 0.3) is 10.4 Å². The summed E-state index contributed by atoms with van der Waals surface area (Å²) in [6, 6.07) is 12.1. The van der Waals surface area contributed by atoms with Crippen molar-refractivity contribution in [1.82, 2.24) is 5.32 Å². The highest BCUT2D eigenvalue weighted by atomic mass is 35.5. The second-order valence-corrected chi connectivity index (χ2v) is 5.64. The van der Waals surface area contributed by atoms with E-state index in [-0.39, 0.29) is 24.4 Å². The molecule has 1 atom stereocenters. The van der Waals surface area contributed by atoms with Crippen molar-refractivity contribution < 1.29 is 4.79 Å². The molecule has 1 aliphatic heterocycles. The average Bonchev–Trinajstić information content (AvgIpc) is 3.13. The standard InChI is InChI=1S/C15H16N2OS.ClH/c18-15(13-6-2-8-16-13)17-12-5-1-4-11(10-12)14-7-3-9-19-14;/h1,3-5,7,9-10,13,16H,2,6,8H2,(H,17,18);1H. The summed E-state index contributed by atoms with van der Waals surface area (Å²) in [5.74, 6) is 0.0702.